The lowest BCUT2D eigenvalue weighted by Gasteiger charge is -2.08. The van der Waals surface area contributed by atoms with E-state index in [1.165, 1.54) is 41.1 Å². The molecule has 110 valence electrons. The van der Waals surface area contributed by atoms with E-state index in [4.69, 9.17) is 9.84 Å². The molecule has 0 aliphatic rings. The number of ether oxygens (including phenoxy) is 1. The minimum Gasteiger partial charge on any atom is -0.492 e. The van der Waals surface area contributed by atoms with Crippen LogP contribution in [0.4, 0.5) is 0 Å². The number of hydrogen-bond donors (Lipinski definition) is 1. The van der Waals surface area contributed by atoms with Crippen LogP contribution in [0.1, 0.15) is 10.4 Å². The summed E-state index contributed by atoms with van der Waals surface area (Å²) in [6.07, 6.45) is 1.41. The highest BCUT2D eigenvalue weighted by Crippen LogP contribution is 2.11. The van der Waals surface area contributed by atoms with Crippen molar-refractivity contribution in [2.75, 3.05) is 6.61 Å². The standard InChI is InChI=1S/C14H14N2O5/c1-15-7-6-12(17)16(14(15)20)8-9-21-11-4-2-10(3-5-11)13(18)19/h2-7H,8-9H2,1H3,(H,18,19). The molecule has 0 aliphatic carbocycles. The summed E-state index contributed by atoms with van der Waals surface area (Å²) in [6, 6.07) is 7.20. The van der Waals surface area contributed by atoms with Crippen molar-refractivity contribution in [3.63, 3.8) is 0 Å². The number of rotatable bonds is 5. The highest BCUT2D eigenvalue weighted by molar-refractivity contribution is 5.87. The molecule has 0 saturated heterocycles. The molecule has 0 bridgehead atoms. The zero-order chi connectivity index (χ0) is 15.4. The molecule has 1 aromatic heterocycles. The van der Waals surface area contributed by atoms with Crippen molar-refractivity contribution in [3.8, 4) is 5.75 Å². The van der Waals surface area contributed by atoms with Gasteiger partial charge in [-0.05, 0) is 24.3 Å². The Morgan fingerprint density at radius 1 is 1.19 bits per heavy atom. The number of aromatic nitrogens is 2. The Morgan fingerprint density at radius 2 is 1.86 bits per heavy atom. The van der Waals surface area contributed by atoms with Gasteiger partial charge in [0.2, 0.25) is 0 Å². The maximum atomic E-state index is 11.8. The first-order chi connectivity index (χ1) is 9.99. The molecule has 0 fully saturated rings. The quantitative estimate of drug-likeness (QED) is 0.856. The molecule has 21 heavy (non-hydrogen) atoms. The molecular weight excluding hydrogens is 276 g/mol. The number of benzene rings is 1. The van der Waals surface area contributed by atoms with Gasteiger partial charge in [-0.25, -0.2) is 9.59 Å². The van der Waals surface area contributed by atoms with Crippen molar-refractivity contribution in [2.24, 2.45) is 7.05 Å². The molecular formula is C14H14N2O5. The molecule has 0 atom stereocenters. The fraction of sp³-hybridized carbons (Fsp3) is 0.214. The first kappa shape index (κ1) is 14.6. The van der Waals surface area contributed by atoms with E-state index in [0.717, 1.165) is 4.57 Å². The molecule has 1 N–H and O–H groups in total. The molecule has 0 spiro atoms. The molecule has 0 amide bonds. The molecule has 0 saturated carbocycles. The van der Waals surface area contributed by atoms with Gasteiger partial charge in [0.25, 0.3) is 5.56 Å². The largest absolute Gasteiger partial charge is 0.492 e. The van der Waals surface area contributed by atoms with Crippen LogP contribution in [0.3, 0.4) is 0 Å². The summed E-state index contributed by atoms with van der Waals surface area (Å²) in [4.78, 5) is 34.0. The van der Waals surface area contributed by atoms with Gasteiger partial charge in [-0.15, -0.1) is 0 Å². The maximum Gasteiger partial charge on any atom is 0.335 e. The summed E-state index contributed by atoms with van der Waals surface area (Å²) in [5.74, 6) is -0.540. The number of carboxylic acids is 1. The van der Waals surface area contributed by atoms with E-state index in [-0.39, 0.29) is 24.3 Å². The fourth-order valence-electron chi connectivity index (χ4n) is 1.77. The van der Waals surface area contributed by atoms with Gasteiger partial charge in [0.1, 0.15) is 12.4 Å². The van der Waals surface area contributed by atoms with Crippen LogP contribution in [-0.2, 0) is 13.6 Å². The van der Waals surface area contributed by atoms with Crippen LogP contribution in [0.2, 0.25) is 0 Å². The highest BCUT2D eigenvalue weighted by atomic mass is 16.5. The van der Waals surface area contributed by atoms with Gasteiger partial charge in [0.05, 0.1) is 12.1 Å². The molecule has 1 aromatic carbocycles. The summed E-state index contributed by atoms with van der Waals surface area (Å²) in [5, 5.41) is 8.77. The number of aryl methyl sites for hydroxylation is 1. The van der Waals surface area contributed by atoms with Gasteiger partial charge >= 0.3 is 11.7 Å². The molecule has 0 unspecified atom stereocenters. The van der Waals surface area contributed by atoms with Crippen molar-refractivity contribution >= 4 is 5.97 Å². The second-order valence-electron chi connectivity index (χ2n) is 4.38. The minimum absolute atomic E-state index is 0.118. The average Bonchev–Trinajstić information content (AvgIpc) is 2.47. The summed E-state index contributed by atoms with van der Waals surface area (Å²) >= 11 is 0. The third-order valence-electron chi connectivity index (χ3n) is 2.92. The zero-order valence-corrected chi connectivity index (χ0v) is 11.4. The Hall–Kier alpha value is -2.83. The van der Waals surface area contributed by atoms with Crippen LogP contribution < -0.4 is 16.0 Å². The van der Waals surface area contributed by atoms with Gasteiger partial charge in [0.15, 0.2) is 0 Å². The Balaban J connectivity index is 2.02. The van der Waals surface area contributed by atoms with E-state index >= 15 is 0 Å². The lowest BCUT2D eigenvalue weighted by atomic mass is 10.2. The predicted octanol–water partition coefficient (Wildman–Crippen LogP) is 0.324. The lowest BCUT2D eigenvalue weighted by molar-refractivity contribution is 0.0697. The Kier molecular flexibility index (Phi) is 4.22. The number of carboxylic acid groups (broad SMARTS) is 1. The van der Waals surface area contributed by atoms with E-state index in [9.17, 15) is 14.4 Å². The SMILES string of the molecule is Cn1ccc(=O)n(CCOc2ccc(C(=O)O)cc2)c1=O. The number of hydrogen-bond acceptors (Lipinski definition) is 4. The minimum atomic E-state index is -1.01. The van der Waals surface area contributed by atoms with Crippen molar-refractivity contribution in [3.05, 3.63) is 62.9 Å². The van der Waals surface area contributed by atoms with Gasteiger partial charge in [0, 0.05) is 19.3 Å². The Morgan fingerprint density at radius 3 is 2.48 bits per heavy atom. The smallest absolute Gasteiger partial charge is 0.335 e. The number of nitrogens with zero attached hydrogens (tertiary/aromatic N) is 2. The third-order valence-corrected chi connectivity index (χ3v) is 2.92. The average molecular weight is 290 g/mol. The molecule has 1 heterocycles. The van der Waals surface area contributed by atoms with Crippen molar-refractivity contribution in [2.45, 2.75) is 6.54 Å². The molecule has 2 aromatic rings. The van der Waals surface area contributed by atoms with Crippen molar-refractivity contribution in [1.29, 1.82) is 0 Å². The number of aromatic carboxylic acids is 1. The summed E-state index contributed by atoms with van der Waals surface area (Å²) < 4.78 is 7.78. The van der Waals surface area contributed by atoms with Crippen molar-refractivity contribution in [1.82, 2.24) is 9.13 Å². The summed E-state index contributed by atoms with van der Waals surface area (Å²) in [7, 11) is 1.56. The number of carbonyl (C=O) groups is 1. The van der Waals surface area contributed by atoms with Crippen molar-refractivity contribution < 1.29 is 14.6 Å². The fourth-order valence-corrected chi connectivity index (χ4v) is 1.77. The van der Waals surface area contributed by atoms with E-state index < -0.39 is 11.7 Å². The zero-order valence-electron chi connectivity index (χ0n) is 11.4. The summed E-state index contributed by atoms with van der Waals surface area (Å²) in [6.45, 7) is 0.249. The van der Waals surface area contributed by atoms with Crippen LogP contribution >= 0.6 is 0 Å². The Labute approximate surface area is 119 Å². The predicted molar refractivity (Wildman–Crippen MR) is 74.8 cm³/mol. The van der Waals surface area contributed by atoms with E-state index in [1.807, 2.05) is 0 Å². The highest BCUT2D eigenvalue weighted by Gasteiger charge is 2.04. The van der Waals surface area contributed by atoms with E-state index in [2.05, 4.69) is 0 Å². The molecule has 7 nitrogen and oxygen atoms in total. The first-order valence-electron chi connectivity index (χ1n) is 6.21. The topological polar surface area (TPSA) is 90.5 Å². The van der Waals surface area contributed by atoms with Crippen LogP contribution in [0.25, 0.3) is 0 Å². The van der Waals surface area contributed by atoms with Gasteiger partial charge in [-0.3, -0.25) is 9.36 Å². The maximum absolute atomic E-state index is 11.8. The lowest BCUT2D eigenvalue weighted by Crippen LogP contribution is -2.39. The molecule has 7 heteroatoms. The van der Waals surface area contributed by atoms with Crippen LogP contribution in [0.15, 0.2) is 46.1 Å². The normalized spacial score (nSPS) is 10.3. The monoisotopic (exact) mass is 290 g/mol. The van der Waals surface area contributed by atoms with Gasteiger partial charge < -0.3 is 14.4 Å². The van der Waals surface area contributed by atoms with E-state index in [0.29, 0.717) is 5.75 Å². The molecule has 2 rings (SSSR count). The molecule has 0 radical (unpaired) electrons. The van der Waals surface area contributed by atoms with Crippen LogP contribution in [0, 0.1) is 0 Å². The Bertz CT molecular complexity index is 758. The van der Waals surface area contributed by atoms with Crippen LogP contribution in [-0.4, -0.2) is 26.8 Å². The van der Waals surface area contributed by atoms with Gasteiger partial charge in [-0.2, -0.15) is 0 Å². The molecule has 0 aliphatic heterocycles. The third kappa shape index (κ3) is 3.38. The van der Waals surface area contributed by atoms with E-state index in [1.54, 1.807) is 7.05 Å². The second-order valence-corrected chi connectivity index (χ2v) is 4.38. The first-order valence-corrected chi connectivity index (χ1v) is 6.21. The summed E-state index contributed by atoms with van der Waals surface area (Å²) in [5.41, 5.74) is -0.634. The van der Waals surface area contributed by atoms with Gasteiger partial charge in [-0.1, -0.05) is 0 Å². The second kappa shape index (κ2) is 6.08. The van der Waals surface area contributed by atoms with Crippen LogP contribution in [0.5, 0.6) is 5.75 Å².